The molecule has 1 aliphatic carbocycles. The van der Waals surface area contributed by atoms with Gasteiger partial charge in [-0.3, -0.25) is 13.9 Å². The summed E-state index contributed by atoms with van der Waals surface area (Å²) in [6.45, 7) is 1.38. The Balaban J connectivity index is 1.75. The Labute approximate surface area is 266 Å². The molecule has 1 atom stereocenters. The summed E-state index contributed by atoms with van der Waals surface area (Å²) >= 11 is 0. The van der Waals surface area contributed by atoms with Crippen LogP contribution in [0, 0.1) is 0 Å². The number of nitrogens with one attached hydrogen (secondary N) is 1. The van der Waals surface area contributed by atoms with Gasteiger partial charge in [-0.05, 0) is 61.2 Å². The standard InChI is InChI=1S/C34H43N3O7S/c1-5-30(34(39)35-26-14-8-6-9-15-26)36(23-25-13-12-16-28(21-25)42-2)33(38)24-37(45(40,41)29-17-10-7-11-18-29)27-19-20-31(43-3)32(22-27)44-4/h7,10-13,16-22,26,30H,5-6,8-9,14-15,23-24H2,1-4H3,(H,35,39). The molecule has 3 aromatic rings. The van der Waals surface area contributed by atoms with Crippen LogP contribution in [0.5, 0.6) is 17.2 Å². The van der Waals surface area contributed by atoms with Crippen LogP contribution >= 0.6 is 0 Å². The highest BCUT2D eigenvalue weighted by atomic mass is 32.2. The average Bonchev–Trinajstić information content (AvgIpc) is 3.07. The minimum atomic E-state index is -4.22. The van der Waals surface area contributed by atoms with Crippen molar-refractivity contribution in [1.82, 2.24) is 10.2 Å². The van der Waals surface area contributed by atoms with E-state index in [4.69, 9.17) is 14.2 Å². The number of methoxy groups -OCH3 is 3. The topological polar surface area (TPSA) is 114 Å². The fourth-order valence-corrected chi connectivity index (χ4v) is 7.09. The first-order valence-electron chi connectivity index (χ1n) is 15.2. The number of nitrogens with zero attached hydrogens (tertiary/aromatic N) is 2. The van der Waals surface area contributed by atoms with Gasteiger partial charge in [0, 0.05) is 18.7 Å². The zero-order valence-electron chi connectivity index (χ0n) is 26.4. The molecule has 0 aromatic heterocycles. The minimum absolute atomic E-state index is 0.0222. The Bertz CT molecular complexity index is 1540. The van der Waals surface area contributed by atoms with Crippen molar-refractivity contribution in [3.63, 3.8) is 0 Å². The van der Waals surface area contributed by atoms with Crippen LogP contribution in [-0.2, 0) is 26.2 Å². The lowest BCUT2D eigenvalue weighted by Gasteiger charge is -2.34. The maximum Gasteiger partial charge on any atom is 0.264 e. The fraction of sp³-hybridized carbons (Fsp3) is 0.412. The number of benzene rings is 3. The van der Waals surface area contributed by atoms with Crippen LogP contribution in [0.25, 0.3) is 0 Å². The first-order valence-corrected chi connectivity index (χ1v) is 16.7. The van der Waals surface area contributed by atoms with Crippen molar-refractivity contribution in [3.05, 3.63) is 78.4 Å². The lowest BCUT2D eigenvalue weighted by molar-refractivity contribution is -0.140. The van der Waals surface area contributed by atoms with Crippen LogP contribution in [0.15, 0.2) is 77.7 Å². The average molecular weight is 638 g/mol. The van der Waals surface area contributed by atoms with Crippen LogP contribution in [0.3, 0.4) is 0 Å². The molecule has 0 saturated heterocycles. The van der Waals surface area contributed by atoms with E-state index in [1.54, 1.807) is 49.6 Å². The molecule has 1 unspecified atom stereocenters. The molecule has 1 fully saturated rings. The number of anilines is 1. The molecular weight excluding hydrogens is 594 g/mol. The quantitative estimate of drug-likeness (QED) is 0.260. The smallest absolute Gasteiger partial charge is 0.264 e. The number of hydrogen-bond donors (Lipinski definition) is 1. The van der Waals surface area contributed by atoms with Gasteiger partial charge in [0.1, 0.15) is 18.3 Å². The Hall–Kier alpha value is -4.25. The number of carbonyl (C=O) groups is 2. The van der Waals surface area contributed by atoms with Crippen molar-refractivity contribution in [2.24, 2.45) is 0 Å². The van der Waals surface area contributed by atoms with Crippen LogP contribution in [0.4, 0.5) is 5.69 Å². The molecule has 1 aliphatic rings. The van der Waals surface area contributed by atoms with Crippen molar-refractivity contribution >= 4 is 27.5 Å². The number of hydrogen-bond acceptors (Lipinski definition) is 7. The molecule has 2 amide bonds. The second-order valence-corrected chi connectivity index (χ2v) is 12.9. The molecule has 0 aliphatic heterocycles. The Morgan fingerprint density at radius 1 is 0.867 bits per heavy atom. The van der Waals surface area contributed by atoms with Crippen LogP contribution in [-0.4, -0.2) is 65.1 Å². The van der Waals surface area contributed by atoms with E-state index in [0.29, 0.717) is 23.7 Å². The van der Waals surface area contributed by atoms with Crippen molar-refractivity contribution < 1.29 is 32.2 Å². The van der Waals surface area contributed by atoms with Gasteiger partial charge in [0.05, 0.1) is 31.9 Å². The van der Waals surface area contributed by atoms with E-state index in [2.05, 4.69) is 5.32 Å². The molecule has 4 rings (SSSR count). The van der Waals surface area contributed by atoms with E-state index in [1.807, 2.05) is 19.1 Å². The maximum absolute atomic E-state index is 14.4. The van der Waals surface area contributed by atoms with E-state index in [-0.39, 0.29) is 29.1 Å². The highest BCUT2D eigenvalue weighted by Crippen LogP contribution is 2.34. The third-order valence-corrected chi connectivity index (χ3v) is 9.88. The monoisotopic (exact) mass is 637 g/mol. The van der Waals surface area contributed by atoms with Gasteiger partial charge < -0.3 is 24.4 Å². The molecule has 1 N–H and O–H groups in total. The zero-order chi connectivity index (χ0) is 32.4. The van der Waals surface area contributed by atoms with E-state index in [1.165, 1.54) is 37.3 Å². The van der Waals surface area contributed by atoms with Gasteiger partial charge in [0.25, 0.3) is 10.0 Å². The summed E-state index contributed by atoms with van der Waals surface area (Å²) in [5.74, 6) is 0.553. The van der Waals surface area contributed by atoms with Gasteiger partial charge in [-0.25, -0.2) is 8.42 Å². The summed E-state index contributed by atoms with van der Waals surface area (Å²) < 4.78 is 45.5. The highest BCUT2D eigenvalue weighted by Gasteiger charge is 2.34. The number of carbonyl (C=O) groups excluding carboxylic acids is 2. The summed E-state index contributed by atoms with van der Waals surface area (Å²) in [6.07, 6.45) is 5.38. The maximum atomic E-state index is 14.4. The van der Waals surface area contributed by atoms with Crippen molar-refractivity contribution in [1.29, 1.82) is 0 Å². The van der Waals surface area contributed by atoms with E-state index >= 15 is 0 Å². The van der Waals surface area contributed by atoms with E-state index in [0.717, 1.165) is 42.0 Å². The normalized spacial score (nSPS) is 14.2. The summed E-state index contributed by atoms with van der Waals surface area (Å²) in [7, 11) is 0.281. The molecule has 11 heteroatoms. The third-order valence-electron chi connectivity index (χ3n) is 8.09. The minimum Gasteiger partial charge on any atom is -0.497 e. The lowest BCUT2D eigenvalue weighted by Crippen LogP contribution is -2.54. The van der Waals surface area contributed by atoms with Crippen molar-refractivity contribution in [2.75, 3.05) is 32.2 Å². The first kappa shape index (κ1) is 33.6. The van der Waals surface area contributed by atoms with Crippen LogP contribution < -0.4 is 23.8 Å². The van der Waals surface area contributed by atoms with E-state index < -0.39 is 28.5 Å². The second kappa shape index (κ2) is 15.7. The number of sulfonamides is 1. The molecule has 0 bridgehead atoms. The molecule has 10 nitrogen and oxygen atoms in total. The molecule has 45 heavy (non-hydrogen) atoms. The summed E-state index contributed by atoms with van der Waals surface area (Å²) in [6, 6.07) is 19.1. The molecule has 0 heterocycles. The zero-order valence-corrected chi connectivity index (χ0v) is 27.2. The second-order valence-electron chi connectivity index (χ2n) is 11.0. The van der Waals surface area contributed by atoms with Crippen LogP contribution in [0.1, 0.15) is 51.0 Å². The van der Waals surface area contributed by atoms with Gasteiger partial charge in [-0.1, -0.05) is 56.5 Å². The third kappa shape index (κ3) is 8.27. The SMILES string of the molecule is CCC(C(=O)NC1CCCCC1)N(Cc1cccc(OC)c1)C(=O)CN(c1ccc(OC)c(OC)c1)S(=O)(=O)c1ccccc1. The van der Waals surface area contributed by atoms with Gasteiger partial charge in [-0.2, -0.15) is 0 Å². The summed E-state index contributed by atoms with van der Waals surface area (Å²) in [4.78, 5) is 29.6. The van der Waals surface area contributed by atoms with Gasteiger partial charge in [-0.15, -0.1) is 0 Å². The summed E-state index contributed by atoms with van der Waals surface area (Å²) in [5, 5.41) is 3.16. The Morgan fingerprint density at radius 2 is 1.58 bits per heavy atom. The number of ether oxygens (including phenoxy) is 3. The summed E-state index contributed by atoms with van der Waals surface area (Å²) in [5.41, 5.74) is 0.959. The molecule has 1 saturated carbocycles. The van der Waals surface area contributed by atoms with Gasteiger partial charge >= 0.3 is 0 Å². The molecule has 0 radical (unpaired) electrons. The Morgan fingerprint density at radius 3 is 2.22 bits per heavy atom. The van der Waals surface area contributed by atoms with Gasteiger partial charge in [0.15, 0.2) is 11.5 Å². The van der Waals surface area contributed by atoms with E-state index in [9.17, 15) is 18.0 Å². The molecule has 3 aromatic carbocycles. The van der Waals surface area contributed by atoms with Gasteiger partial charge in [0.2, 0.25) is 11.8 Å². The largest absolute Gasteiger partial charge is 0.497 e. The molecular formula is C34H43N3O7S. The van der Waals surface area contributed by atoms with Crippen LogP contribution in [0.2, 0.25) is 0 Å². The molecule has 0 spiro atoms. The molecule has 242 valence electrons. The number of amides is 2. The fourth-order valence-electron chi connectivity index (χ4n) is 5.66. The van der Waals surface area contributed by atoms with Crippen molar-refractivity contribution in [2.45, 2.75) is 69.0 Å². The highest BCUT2D eigenvalue weighted by molar-refractivity contribution is 7.92. The predicted octanol–water partition coefficient (Wildman–Crippen LogP) is 5.16. The predicted molar refractivity (Wildman–Crippen MR) is 173 cm³/mol. The number of rotatable bonds is 14. The van der Waals surface area contributed by atoms with Crippen molar-refractivity contribution in [3.8, 4) is 17.2 Å². The Kier molecular flexibility index (Phi) is 11.7. The lowest BCUT2D eigenvalue weighted by atomic mass is 9.95. The first-order chi connectivity index (χ1) is 21.7.